The van der Waals surface area contributed by atoms with Gasteiger partial charge in [0, 0.05) is 5.54 Å². The van der Waals surface area contributed by atoms with Crippen molar-refractivity contribution in [2.75, 3.05) is 6.61 Å². The molecule has 0 saturated heterocycles. The number of carbonyl (C=O) groups excluding carboxylic acids is 1. The summed E-state index contributed by atoms with van der Waals surface area (Å²) in [5.74, 6) is 0.433. The van der Waals surface area contributed by atoms with Crippen molar-refractivity contribution in [3.05, 3.63) is 22.9 Å². The molecule has 16 heavy (non-hydrogen) atoms. The molecule has 0 atom stereocenters. The molecule has 0 bridgehead atoms. The Bertz CT molecular complexity index is 357. The van der Waals surface area contributed by atoms with Gasteiger partial charge in [-0.2, -0.15) is 0 Å². The van der Waals surface area contributed by atoms with Gasteiger partial charge in [0.2, 0.25) is 0 Å². The van der Waals surface area contributed by atoms with Crippen LogP contribution >= 0.6 is 15.9 Å². The van der Waals surface area contributed by atoms with E-state index in [9.17, 15) is 4.79 Å². The highest BCUT2D eigenvalue weighted by Gasteiger charge is 2.13. The normalized spacial score (nSPS) is 11.0. The smallest absolute Gasteiger partial charge is 0.258 e. The van der Waals surface area contributed by atoms with Gasteiger partial charge in [0.05, 0.1) is 6.20 Å². The molecule has 88 valence electrons. The van der Waals surface area contributed by atoms with E-state index in [-0.39, 0.29) is 18.1 Å². The van der Waals surface area contributed by atoms with Crippen LogP contribution in [0.15, 0.2) is 22.9 Å². The van der Waals surface area contributed by atoms with E-state index in [2.05, 4.69) is 26.2 Å². The second kappa shape index (κ2) is 5.30. The third kappa shape index (κ3) is 5.11. The zero-order valence-electron chi connectivity index (χ0n) is 9.58. The lowest BCUT2D eigenvalue weighted by Crippen LogP contribution is -2.43. The van der Waals surface area contributed by atoms with E-state index in [1.807, 2.05) is 20.8 Å². The number of carbonyl (C=O) groups is 1. The summed E-state index contributed by atoms with van der Waals surface area (Å²) in [7, 11) is 0. The number of hydrogen-bond acceptors (Lipinski definition) is 3. The van der Waals surface area contributed by atoms with E-state index >= 15 is 0 Å². The zero-order chi connectivity index (χ0) is 12.2. The lowest BCUT2D eigenvalue weighted by molar-refractivity contribution is -0.124. The summed E-state index contributed by atoms with van der Waals surface area (Å²) in [4.78, 5) is 15.4. The van der Waals surface area contributed by atoms with Crippen LogP contribution in [0.25, 0.3) is 0 Å². The van der Waals surface area contributed by atoms with Crippen LogP contribution in [-0.2, 0) is 4.79 Å². The zero-order valence-corrected chi connectivity index (χ0v) is 11.2. The fourth-order valence-corrected chi connectivity index (χ4v) is 1.29. The highest BCUT2D eigenvalue weighted by molar-refractivity contribution is 9.10. The molecule has 1 rings (SSSR count). The van der Waals surface area contributed by atoms with Crippen LogP contribution in [0.3, 0.4) is 0 Å². The molecule has 0 aliphatic carbocycles. The van der Waals surface area contributed by atoms with Crippen molar-refractivity contribution < 1.29 is 9.53 Å². The van der Waals surface area contributed by atoms with Crippen molar-refractivity contribution in [1.82, 2.24) is 10.3 Å². The van der Waals surface area contributed by atoms with Gasteiger partial charge in [-0.15, -0.1) is 0 Å². The van der Waals surface area contributed by atoms with Crippen molar-refractivity contribution >= 4 is 21.8 Å². The van der Waals surface area contributed by atoms with Crippen LogP contribution in [0.5, 0.6) is 5.75 Å². The topological polar surface area (TPSA) is 51.2 Å². The Morgan fingerprint density at radius 2 is 2.19 bits per heavy atom. The molecule has 0 aliphatic heterocycles. The standard InChI is InChI=1S/C11H15BrN2O2/c1-11(2,3)14-10(15)7-16-8-4-5-9(12)13-6-8/h4-6H,7H2,1-3H3,(H,14,15). The van der Waals surface area contributed by atoms with Gasteiger partial charge in [0.1, 0.15) is 10.4 Å². The Hall–Kier alpha value is -1.10. The number of pyridine rings is 1. The van der Waals surface area contributed by atoms with E-state index in [0.717, 1.165) is 4.60 Å². The average Bonchev–Trinajstić information content (AvgIpc) is 2.14. The first-order valence-corrected chi connectivity index (χ1v) is 5.71. The Kier molecular flexibility index (Phi) is 4.29. The van der Waals surface area contributed by atoms with Crippen molar-refractivity contribution in [2.45, 2.75) is 26.3 Å². The minimum absolute atomic E-state index is 0.000578. The molecule has 1 aromatic heterocycles. The largest absolute Gasteiger partial charge is 0.482 e. The molecule has 5 heteroatoms. The summed E-state index contributed by atoms with van der Waals surface area (Å²) in [6.07, 6.45) is 1.56. The number of rotatable bonds is 3. The van der Waals surface area contributed by atoms with E-state index in [1.165, 1.54) is 0 Å². The second-order valence-electron chi connectivity index (χ2n) is 4.40. The van der Waals surface area contributed by atoms with Crippen LogP contribution in [0.1, 0.15) is 20.8 Å². The van der Waals surface area contributed by atoms with Gasteiger partial charge in [-0.1, -0.05) is 0 Å². The fourth-order valence-electron chi connectivity index (χ4n) is 1.05. The minimum atomic E-state index is -0.238. The van der Waals surface area contributed by atoms with Crippen molar-refractivity contribution in [1.29, 1.82) is 0 Å². The molecule has 1 heterocycles. The highest BCUT2D eigenvalue weighted by Crippen LogP contribution is 2.12. The predicted octanol–water partition coefficient (Wildman–Crippen LogP) is 2.14. The number of nitrogens with zero attached hydrogens (tertiary/aromatic N) is 1. The number of halogens is 1. The molecular weight excluding hydrogens is 272 g/mol. The van der Waals surface area contributed by atoms with Gasteiger partial charge >= 0.3 is 0 Å². The first-order chi connectivity index (χ1) is 7.37. The van der Waals surface area contributed by atoms with Crippen molar-refractivity contribution in [3.63, 3.8) is 0 Å². The van der Waals surface area contributed by atoms with Gasteiger partial charge in [0.15, 0.2) is 6.61 Å². The van der Waals surface area contributed by atoms with Gasteiger partial charge in [-0.25, -0.2) is 4.98 Å². The number of nitrogens with one attached hydrogen (secondary N) is 1. The lowest BCUT2D eigenvalue weighted by atomic mass is 10.1. The molecular formula is C11H15BrN2O2. The summed E-state index contributed by atoms with van der Waals surface area (Å²) in [5, 5.41) is 2.81. The number of ether oxygens (including phenoxy) is 1. The van der Waals surface area contributed by atoms with E-state index in [0.29, 0.717) is 5.75 Å². The van der Waals surface area contributed by atoms with Gasteiger partial charge < -0.3 is 10.1 Å². The van der Waals surface area contributed by atoms with Crippen LogP contribution in [0.2, 0.25) is 0 Å². The fraction of sp³-hybridized carbons (Fsp3) is 0.455. The lowest BCUT2D eigenvalue weighted by Gasteiger charge is -2.20. The Morgan fingerprint density at radius 1 is 1.50 bits per heavy atom. The maximum Gasteiger partial charge on any atom is 0.258 e. The quantitative estimate of drug-likeness (QED) is 0.866. The molecule has 1 amide bonds. The third-order valence-electron chi connectivity index (χ3n) is 1.58. The molecule has 1 aromatic rings. The molecule has 0 unspecified atom stereocenters. The maximum absolute atomic E-state index is 11.4. The predicted molar refractivity (Wildman–Crippen MR) is 65.3 cm³/mol. The third-order valence-corrected chi connectivity index (χ3v) is 2.05. The molecule has 0 radical (unpaired) electrons. The summed E-state index contributed by atoms with van der Waals surface area (Å²) in [6.45, 7) is 5.77. The minimum Gasteiger partial charge on any atom is -0.482 e. The first-order valence-electron chi connectivity index (χ1n) is 4.92. The van der Waals surface area contributed by atoms with E-state index < -0.39 is 0 Å². The monoisotopic (exact) mass is 286 g/mol. The number of hydrogen-bond donors (Lipinski definition) is 1. The molecule has 0 aliphatic rings. The van der Waals surface area contributed by atoms with Crippen LogP contribution < -0.4 is 10.1 Å². The SMILES string of the molecule is CC(C)(C)NC(=O)COc1ccc(Br)nc1. The molecule has 1 N–H and O–H groups in total. The van der Waals surface area contributed by atoms with Crippen LogP contribution in [-0.4, -0.2) is 23.0 Å². The maximum atomic E-state index is 11.4. The Balaban J connectivity index is 2.40. The summed E-state index contributed by atoms with van der Waals surface area (Å²) in [6, 6.07) is 3.51. The van der Waals surface area contributed by atoms with E-state index in [4.69, 9.17) is 4.74 Å². The van der Waals surface area contributed by atoms with Gasteiger partial charge in [-0.05, 0) is 48.8 Å². The van der Waals surface area contributed by atoms with Crippen molar-refractivity contribution in [2.24, 2.45) is 0 Å². The summed E-state index contributed by atoms with van der Waals surface area (Å²) < 4.78 is 6.01. The number of aromatic nitrogens is 1. The Morgan fingerprint density at radius 3 is 2.69 bits per heavy atom. The van der Waals surface area contributed by atoms with Gasteiger partial charge in [0.25, 0.3) is 5.91 Å². The van der Waals surface area contributed by atoms with Crippen LogP contribution in [0.4, 0.5) is 0 Å². The second-order valence-corrected chi connectivity index (χ2v) is 5.22. The molecule has 4 nitrogen and oxygen atoms in total. The molecule has 0 fully saturated rings. The number of amides is 1. The average molecular weight is 287 g/mol. The molecule has 0 saturated carbocycles. The van der Waals surface area contributed by atoms with Crippen molar-refractivity contribution in [3.8, 4) is 5.75 Å². The van der Waals surface area contributed by atoms with E-state index in [1.54, 1.807) is 18.3 Å². The summed E-state index contributed by atoms with van der Waals surface area (Å²) in [5.41, 5.74) is -0.238. The molecule has 0 aromatic carbocycles. The summed E-state index contributed by atoms with van der Waals surface area (Å²) >= 11 is 3.22. The molecule has 0 spiro atoms. The van der Waals surface area contributed by atoms with Crippen LogP contribution in [0, 0.1) is 0 Å². The first kappa shape index (κ1) is 13.0. The Labute approximate surface area is 104 Å². The van der Waals surface area contributed by atoms with Gasteiger partial charge in [-0.3, -0.25) is 4.79 Å². The highest BCUT2D eigenvalue weighted by atomic mass is 79.9.